The molecule has 0 aliphatic rings. The standard InChI is InChI=1S/C22H34O8/c1-7-20(23)28-11-16(4)10-19(14-26-12-18(6)30-22(25)9-3)15-27-17(5)13-29-21(24)8-2/h7-9,16-19H,1-3,10-15H2,4-6H3. The summed E-state index contributed by atoms with van der Waals surface area (Å²) in [6.07, 6.45) is 3.26. The van der Waals surface area contributed by atoms with Gasteiger partial charge in [0.1, 0.15) is 12.7 Å². The second kappa shape index (κ2) is 16.4. The molecule has 0 heterocycles. The Morgan fingerprint density at radius 2 is 1.30 bits per heavy atom. The van der Waals surface area contributed by atoms with Gasteiger partial charge < -0.3 is 23.7 Å². The van der Waals surface area contributed by atoms with Crippen LogP contribution < -0.4 is 0 Å². The van der Waals surface area contributed by atoms with E-state index >= 15 is 0 Å². The van der Waals surface area contributed by atoms with Crippen LogP contribution in [0.15, 0.2) is 38.0 Å². The number of esters is 3. The first-order valence-corrected chi connectivity index (χ1v) is 9.82. The molecular formula is C22H34O8. The monoisotopic (exact) mass is 426 g/mol. The lowest BCUT2D eigenvalue weighted by atomic mass is 9.97. The Balaban J connectivity index is 4.58. The fraction of sp³-hybridized carbons (Fsp3) is 0.591. The van der Waals surface area contributed by atoms with Crippen molar-refractivity contribution in [1.82, 2.24) is 0 Å². The average Bonchev–Trinajstić information content (AvgIpc) is 2.73. The van der Waals surface area contributed by atoms with Gasteiger partial charge in [-0.25, -0.2) is 14.4 Å². The summed E-state index contributed by atoms with van der Waals surface area (Å²) in [5, 5.41) is 0. The van der Waals surface area contributed by atoms with Gasteiger partial charge in [-0.1, -0.05) is 26.7 Å². The lowest BCUT2D eigenvalue weighted by Crippen LogP contribution is -2.27. The summed E-state index contributed by atoms with van der Waals surface area (Å²) < 4.78 is 26.6. The van der Waals surface area contributed by atoms with E-state index in [4.69, 9.17) is 23.7 Å². The van der Waals surface area contributed by atoms with Crippen molar-refractivity contribution >= 4 is 17.9 Å². The molecule has 0 aliphatic heterocycles. The van der Waals surface area contributed by atoms with Crippen LogP contribution in [0.1, 0.15) is 27.2 Å². The van der Waals surface area contributed by atoms with E-state index in [1.807, 2.05) is 6.92 Å². The quantitative estimate of drug-likeness (QED) is 0.199. The Labute approximate surface area is 178 Å². The molecular weight excluding hydrogens is 392 g/mol. The Morgan fingerprint density at radius 3 is 1.87 bits per heavy atom. The largest absolute Gasteiger partial charge is 0.462 e. The van der Waals surface area contributed by atoms with E-state index in [0.717, 1.165) is 18.2 Å². The van der Waals surface area contributed by atoms with E-state index in [-0.39, 0.29) is 37.8 Å². The zero-order valence-electron chi connectivity index (χ0n) is 18.2. The number of hydrogen-bond donors (Lipinski definition) is 0. The summed E-state index contributed by atoms with van der Waals surface area (Å²) in [6.45, 7) is 16.8. The molecule has 8 nitrogen and oxygen atoms in total. The summed E-state index contributed by atoms with van der Waals surface area (Å²) in [4.78, 5) is 33.6. The predicted octanol–water partition coefficient (Wildman–Crippen LogP) is 2.63. The van der Waals surface area contributed by atoms with Gasteiger partial charge in [0.25, 0.3) is 0 Å². The van der Waals surface area contributed by atoms with Crippen molar-refractivity contribution in [2.45, 2.75) is 39.4 Å². The third-order valence-electron chi connectivity index (χ3n) is 3.85. The summed E-state index contributed by atoms with van der Waals surface area (Å²) in [6, 6.07) is 0. The van der Waals surface area contributed by atoms with E-state index in [1.54, 1.807) is 13.8 Å². The zero-order chi connectivity index (χ0) is 22.9. The van der Waals surface area contributed by atoms with Gasteiger partial charge in [-0.15, -0.1) is 0 Å². The van der Waals surface area contributed by atoms with Gasteiger partial charge in [0.2, 0.25) is 0 Å². The van der Waals surface area contributed by atoms with Crippen LogP contribution in [-0.4, -0.2) is 63.2 Å². The molecule has 0 bridgehead atoms. The molecule has 4 unspecified atom stereocenters. The summed E-state index contributed by atoms with van der Waals surface area (Å²) >= 11 is 0. The Hall–Kier alpha value is -2.45. The van der Waals surface area contributed by atoms with Crippen LogP contribution in [0.5, 0.6) is 0 Å². The van der Waals surface area contributed by atoms with Gasteiger partial charge in [0.05, 0.1) is 32.5 Å². The second-order valence-electron chi connectivity index (χ2n) is 7.01. The van der Waals surface area contributed by atoms with Crippen molar-refractivity contribution in [2.75, 3.05) is 33.0 Å². The van der Waals surface area contributed by atoms with Gasteiger partial charge in [-0.2, -0.15) is 0 Å². The normalized spacial score (nSPS) is 14.5. The zero-order valence-corrected chi connectivity index (χ0v) is 18.2. The first-order valence-electron chi connectivity index (χ1n) is 9.82. The molecule has 0 saturated carbocycles. The number of carbonyl (C=O) groups excluding carboxylic acids is 3. The van der Waals surface area contributed by atoms with Crippen molar-refractivity contribution < 1.29 is 38.1 Å². The second-order valence-corrected chi connectivity index (χ2v) is 7.01. The van der Waals surface area contributed by atoms with Crippen molar-refractivity contribution in [3.63, 3.8) is 0 Å². The van der Waals surface area contributed by atoms with Crippen LogP contribution in [0, 0.1) is 11.8 Å². The minimum absolute atomic E-state index is 0.0118. The van der Waals surface area contributed by atoms with Crippen LogP contribution >= 0.6 is 0 Å². The van der Waals surface area contributed by atoms with Gasteiger partial charge in [-0.05, 0) is 26.2 Å². The fourth-order valence-corrected chi connectivity index (χ4v) is 2.39. The van der Waals surface area contributed by atoms with Crippen LogP contribution in [0.4, 0.5) is 0 Å². The van der Waals surface area contributed by atoms with Gasteiger partial charge in [0, 0.05) is 24.1 Å². The van der Waals surface area contributed by atoms with Gasteiger partial charge in [-0.3, -0.25) is 0 Å². The summed E-state index contributed by atoms with van der Waals surface area (Å²) in [5.74, 6) is -1.43. The number of carbonyl (C=O) groups is 3. The highest BCUT2D eigenvalue weighted by Gasteiger charge is 2.18. The maximum Gasteiger partial charge on any atom is 0.330 e. The third-order valence-corrected chi connectivity index (χ3v) is 3.85. The molecule has 0 rings (SSSR count). The number of hydrogen-bond acceptors (Lipinski definition) is 8. The maximum absolute atomic E-state index is 11.2. The molecule has 0 aromatic rings. The van der Waals surface area contributed by atoms with E-state index in [2.05, 4.69) is 19.7 Å². The molecule has 8 heteroatoms. The SMILES string of the molecule is C=CC(=O)OCC(C)CC(COCC(C)OC(=O)C=C)COC(C)COC(=O)C=C. The highest BCUT2D eigenvalue weighted by molar-refractivity contribution is 5.81. The topological polar surface area (TPSA) is 97.4 Å². The Bertz CT molecular complexity index is 571. The highest BCUT2D eigenvalue weighted by atomic mass is 16.6. The van der Waals surface area contributed by atoms with Crippen LogP contribution in [-0.2, 0) is 38.1 Å². The van der Waals surface area contributed by atoms with Crippen LogP contribution in [0.25, 0.3) is 0 Å². The molecule has 170 valence electrons. The first kappa shape index (κ1) is 27.5. The predicted molar refractivity (Wildman–Crippen MR) is 112 cm³/mol. The Morgan fingerprint density at radius 1 is 0.733 bits per heavy atom. The van der Waals surface area contributed by atoms with E-state index < -0.39 is 24.0 Å². The average molecular weight is 427 g/mol. The van der Waals surface area contributed by atoms with E-state index in [0.29, 0.717) is 19.6 Å². The lowest BCUT2D eigenvalue weighted by Gasteiger charge is -2.23. The molecule has 4 atom stereocenters. The molecule has 0 aromatic heterocycles. The molecule has 0 aromatic carbocycles. The third kappa shape index (κ3) is 14.5. The van der Waals surface area contributed by atoms with Crippen molar-refractivity contribution in [3.05, 3.63) is 38.0 Å². The molecule has 30 heavy (non-hydrogen) atoms. The minimum Gasteiger partial charge on any atom is -0.462 e. The molecule has 0 fully saturated rings. The van der Waals surface area contributed by atoms with E-state index in [1.165, 1.54) is 0 Å². The van der Waals surface area contributed by atoms with Gasteiger partial charge >= 0.3 is 17.9 Å². The van der Waals surface area contributed by atoms with E-state index in [9.17, 15) is 14.4 Å². The molecule has 0 aliphatic carbocycles. The molecule has 0 radical (unpaired) electrons. The lowest BCUT2D eigenvalue weighted by molar-refractivity contribution is -0.146. The first-order chi connectivity index (χ1) is 14.2. The van der Waals surface area contributed by atoms with Crippen molar-refractivity contribution in [3.8, 4) is 0 Å². The molecule has 0 spiro atoms. The van der Waals surface area contributed by atoms with Gasteiger partial charge in [0.15, 0.2) is 0 Å². The summed E-state index contributed by atoms with van der Waals surface area (Å²) in [5.41, 5.74) is 0. The molecule has 0 amide bonds. The fourth-order valence-electron chi connectivity index (χ4n) is 2.39. The Kier molecular flexibility index (Phi) is 15.0. The maximum atomic E-state index is 11.2. The van der Waals surface area contributed by atoms with Crippen LogP contribution in [0.2, 0.25) is 0 Å². The number of rotatable bonds is 17. The summed E-state index contributed by atoms with van der Waals surface area (Å²) in [7, 11) is 0. The smallest absolute Gasteiger partial charge is 0.330 e. The van der Waals surface area contributed by atoms with Crippen molar-refractivity contribution in [1.29, 1.82) is 0 Å². The van der Waals surface area contributed by atoms with Crippen molar-refractivity contribution in [2.24, 2.45) is 11.8 Å². The number of ether oxygens (including phenoxy) is 5. The molecule has 0 N–H and O–H groups in total. The van der Waals surface area contributed by atoms with Crippen LogP contribution in [0.3, 0.4) is 0 Å². The molecule has 0 saturated heterocycles. The highest BCUT2D eigenvalue weighted by Crippen LogP contribution is 2.15. The minimum atomic E-state index is -0.508.